The fraction of sp³-hybridized carbons (Fsp3) is 0.571. The van der Waals surface area contributed by atoms with Crippen LogP contribution >= 0.6 is 15.9 Å². The van der Waals surface area contributed by atoms with E-state index in [4.69, 9.17) is 9.47 Å². The van der Waals surface area contributed by atoms with Gasteiger partial charge >= 0.3 is 0 Å². The van der Waals surface area contributed by atoms with Gasteiger partial charge in [-0.2, -0.15) is 0 Å². The van der Waals surface area contributed by atoms with Crippen LogP contribution < -0.4 is 5.32 Å². The lowest BCUT2D eigenvalue weighted by atomic mass is 10.2. The molecule has 18 heavy (non-hydrogen) atoms. The molecule has 0 unspecified atom stereocenters. The van der Waals surface area contributed by atoms with E-state index >= 15 is 0 Å². The van der Waals surface area contributed by atoms with Crippen molar-refractivity contribution in [2.45, 2.75) is 20.0 Å². The molecule has 4 heteroatoms. The molecular weight excluding hydrogens is 294 g/mol. The molecule has 0 aromatic heterocycles. The standard InChI is InChI=1S/C14H22BrNO2/c1-2-17-10-3-8-16-9-11-18-12-13-4-6-14(15)7-5-13/h4-7,16H,2-3,8-12H2,1H3. The Bertz CT molecular complexity index is 303. The molecule has 0 aliphatic rings. The van der Waals surface area contributed by atoms with Crippen LogP contribution in [0.25, 0.3) is 0 Å². The van der Waals surface area contributed by atoms with Gasteiger partial charge in [-0.05, 0) is 37.6 Å². The zero-order valence-corrected chi connectivity index (χ0v) is 12.5. The van der Waals surface area contributed by atoms with Crippen molar-refractivity contribution in [1.82, 2.24) is 5.32 Å². The fourth-order valence-electron chi connectivity index (χ4n) is 1.48. The van der Waals surface area contributed by atoms with Crippen molar-refractivity contribution in [3.63, 3.8) is 0 Å². The van der Waals surface area contributed by atoms with E-state index in [-0.39, 0.29) is 0 Å². The highest BCUT2D eigenvalue weighted by Crippen LogP contribution is 2.10. The van der Waals surface area contributed by atoms with E-state index in [0.717, 1.165) is 43.8 Å². The Labute approximate surface area is 118 Å². The molecule has 1 aromatic carbocycles. The molecule has 3 nitrogen and oxygen atoms in total. The first-order valence-electron chi connectivity index (χ1n) is 6.43. The topological polar surface area (TPSA) is 30.5 Å². The SMILES string of the molecule is CCOCCCNCCOCc1ccc(Br)cc1. The quantitative estimate of drug-likeness (QED) is 0.673. The van der Waals surface area contributed by atoms with Gasteiger partial charge in [0.1, 0.15) is 0 Å². The summed E-state index contributed by atoms with van der Waals surface area (Å²) in [5.74, 6) is 0. The Balaban J connectivity index is 1.91. The zero-order chi connectivity index (χ0) is 13.1. The third-order valence-corrected chi connectivity index (χ3v) is 2.98. The molecule has 1 N–H and O–H groups in total. The van der Waals surface area contributed by atoms with Crippen LogP contribution in [0.3, 0.4) is 0 Å². The fourth-order valence-corrected chi connectivity index (χ4v) is 1.75. The highest BCUT2D eigenvalue weighted by Gasteiger charge is 1.94. The van der Waals surface area contributed by atoms with Crippen molar-refractivity contribution < 1.29 is 9.47 Å². The Morgan fingerprint density at radius 2 is 1.83 bits per heavy atom. The molecular formula is C14H22BrNO2. The van der Waals surface area contributed by atoms with Crippen LogP contribution in [-0.2, 0) is 16.1 Å². The number of ether oxygens (including phenoxy) is 2. The molecule has 0 bridgehead atoms. The number of rotatable bonds is 10. The second-order valence-corrected chi connectivity index (χ2v) is 4.90. The van der Waals surface area contributed by atoms with Crippen LogP contribution in [0.4, 0.5) is 0 Å². The summed E-state index contributed by atoms with van der Waals surface area (Å²) in [6, 6.07) is 8.20. The third-order valence-electron chi connectivity index (χ3n) is 2.45. The van der Waals surface area contributed by atoms with Crippen LogP contribution in [0.15, 0.2) is 28.7 Å². The Kier molecular flexibility index (Phi) is 9.12. The highest BCUT2D eigenvalue weighted by molar-refractivity contribution is 9.10. The maximum absolute atomic E-state index is 5.58. The van der Waals surface area contributed by atoms with E-state index in [2.05, 4.69) is 33.4 Å². The molecule has 0 heterocycles. The molecule has 0 saturated heterocycles. The lowest BCUT2D eigenvalue weighted by Gasteiger charge is -2.06. The van der Waals surface area contributed by atoms with Gasteiger partial charge in [0.05, 0.1) is 13.2 Å². The van der Waals surface area contributed by atoms with Gasteiger partial charge in [-0.15, -0.1) is 0 Å². The first-order valence-corrected chi connectivity index (χ1v) is 7.23. The normalized spacial score (nSPS) is 10.8. The van der Waals surface area contributed by atoms with Gasteiger partial charge in [-0.3, -0.25) is 0 Å². The maximum Gasteiger partial charge on any atom is 0.0717 e. The van der Waals surface area contributed by atoms with E-state index in [1.54, 1.807) is 0 Å². The first-order chi connectivity index (χ1) is 8.83. The third kappa shape index (κ3) is 7.82. The van der Waals surface area contributed by atoms with E-state index in [0.29, 0.717) is 6.61 Å². The second kappa shape index (κ2) is 10.5. The number of nitrogens with one attached hydrogen (secondary N) is 1. The number of hydrogen-bond donors (Lipinski definition) is 1. The lowest BCUT2D eigenvalue weighted by Crippen LogP contribution is -2.21. The van der Waals surface area contributed by atoms with Gasteiger partial charge in [0.25, 0.3) is 0 Å². The summed E-state index contributed by atoms with van der Waals surface area (Å²) in [6.45, 7) is 6.95. The molecule has 0 aliphatic heterocycles. The molecule has 0 saturated carbocycles. The highest BCUT2D eigenvalue weighted by atomic mass is 79.9. The van der Waals surface area contributed by atoms with Gasteiger partial charge in [-0.25, -0.2) is 0 Å². The van der Waals surface area contributed by atoms with Crippen molar-refractivity contribution in [2.75, 3.05) is 32.9 Å². The van der Waals surface area contributed by atoms with E-state index in [1.807, 2.05) is 19.1 Å². The van der Waals surface area contributed by atoms with Crippen LogP contribution in [0.2, 0.25) is 0 Å². The van der Waals surface area contributed by atoms with Gasteiger partial charge in [0, 0.05) is 24.2 Å². The van der Waals surface area contributed by atoms with Gasteiger partial charge < -0.3 is 14.8 Å². The van der Waals surface area contributed by atoms with Crippen LogP contribution in [0.1, 0.15) is 18.9 Å². The average molecular weight is 316 g/mol. The van der Waals surface area contributed by atoms with E-state index < -0.39 is 0 Å². The summed E-state index contributed by atoms with van der Waals surface area (Å²) in [6.07, 6.45) is 1.06. The minimum atomic E-state index is 0.675. The van der Waals surface area contributed by atoms with Crippen LogP contribution in [0, 0.1) is 0 Å². The van der Waals surface area contributed by atoms with Crippen molar-refractivity contribution in [3.05, 3.63) is 34.3 Å². The summed E-state index contributed by atoms with van der Waals surface area (Å²) in [5.41, 5.74) is 1.20. The van der Waals surface area contributed by atoms with Crippen molar-refractivity contribution in [3.8, 4) is 0 Å². The lowest BCUT2D eigenvalue weighted by molar-refractivity contribution is 0.120. The minimum Gasteiger partial charge on any atom is -0.382 e. The smallest absolute Gasteiger partial charge is 0.0717 e. The van der Waals surface area contributed by atoms with Crippen molar-refractivity contribution in [2.24, 2.45) is 0 Å². The summed E-state index contributed by atoms with van der Waals surface area (Å²) < 4.78 is 11.9. The van der Waals surface area contributed by atoms with E-state index in [1.165, 1.54) is 5.56 Å². The molecule has 0 aliphatic carbocycles. The first kappa shape index (κ1) is 15.6. The Hall–Kier alpha value is -0.420. The Morgan fingerprint density at radius 1 is 1.06 bits per heavy atom. The van der Waals surface area contributed by atoms with Gasteiger partial charge in [-0.1, -0.05) is 28.1 Å². The molecule has 0 fully saturated rings. The second-order valence-electron chi connectivity index (χ2n) is 3.98. The number of halogens is 1. The minimum absolute atomic E-state index is 0.675. The summed E-state index contributed by atoms with van der Waals surface area (Å²) in [4.78, 5) is 0. The van der Waals surface area contributed by atoms with Crippen molar-refractivity contribution in [1.29, 1.82) is 0 Å². The number of benzene rings is 1. The molecule has 0 atom stereocenters. The molecule has 102 valence electrons. The average Bonchev–Trinajstić information content (AvgIpc) is 2.39. The predicted octanol–water partition coefficient (Wildman–Crippen LogP) is 2.98. The molecule has 0 radical (unpaired) electrons. The summed E-state index contributed by atoms with van der Waals surface area (Å²) >= 11 is 3.41. The van der Waals surface area contributed by atoms with Crippen molar-refractivity contribution >= 4 is 15.9 Å². The Morgan fingerprint density at radius 3 is 2.56 bits per heavy atom. The molecule has 0 spiro atoms. The van der Waals surface area contributed by atoms with Crippen LogP contribution in [0.5, 0.6) is 0 Å². The van der Waals surface area contributed by atoms with Crippen LogP contribution in [-0.4, -0.2) is 32.9 Å². The largest absolute Gasteiger partial charge is 0.382 e. The summed E-state index contributed by atoms with van der Waals surface area (Å²) in [5, 5.41) is 3.33. The monoisotopic (exact) mass is 315 g/mol. The molecule has 1 rings (SSSR count). The predicted molar refractivity (Wildman–Crippen MR) is 77.8 cm³/mol. The van der Waals surface area contributed by atoms with Gasteiger partial charge in [0.2, 0.25) is 0 Å². The van der Waals surface area contributed by atoms with Gasteiger partial charge in [0.15, 0.2) is 0 Å². The summed E-state index contributed by atoms with van der Waals surface area (Å²) in [7, 11) is 0. The zero-order valence-electron chi connectivity index (χ0n) is 11.0. The van der Waals surface area contributed by atoms with E-state index in [9.17, 15) is 0 Å². The number of hydrogen-bond acceptors (Lipinski definition) is 3. The molecule has 0 amide bonds. The molecule has 1 aromatic rings. The maximum atomic E-state index is 5.58.